The summed E-state index contributed by atoms with van der Waals surface area (Å²) in [5, 5.41) is 14.4. The minimum atomic E-state index is -0.690. The van der Waals surface area contributed by atoms with Gasteiger partial charge in [0.25, 0.3) is 5.91 Å². The highest BCUT2D eigenvalue weighted by atomic mass is 16.6. The summed E-state index contributed by atoms with van der Waals surface area (Å²) in [6, 6.07) is 5.88. The second kappa shape index (κ2) is 5.33. The van der Waals surface area contributed by atoms with E-state index in [1.165, 1.54) is 17.2 Å². The highest BCUT2D eigenvalue weighted by Crippen LogP contribution is 2.29. The number of nitrogens with zero attached hydrogens (tertiary/aromatic N) is 4. The van der Waals surface area contributed by atoms with Crippen LogP contribution in [0.2, 0.25) is 0 Å². The van der Waals surface area contributed by atoms with E-state index >= 15 is 0 Å². The van der Waals surface area contributed by atoms with Gasteiger partial charge in [0.2, 0.25) is 11.7 Å². The number of hydrogen-bond donors (Lipinski definition) is 0. The van der Waals surface area contributed by atoms with Crippen molar-refractivity contribution in [1.82, 2.24) is 15.0 Å². The fourth-order valence-electron chi connectivity index (χ4n) is 2.40. The predicted molar refractivity (Wildman–Crippen MR) is 76.0 cm³/mol. The maximum Gasteiger partial charge on any atom is 0.433 e. The van der Waals surface area contributed by atoms with Gasteiger partial charge in [0.05, 0.1) is 18.2 Å². The Hall–Kier alpha value is -3.43. The van der Waals surface area contributed by atoms with Gasteiger partial charge >= 0.3 is 5.88 Å². The van der Waals surface area contributed by atoms with E-state index in [9.17, 15) is 14.9 Å². The van der Waals surface area contributed by atoms with Gasteiger partial charge in [0, 0.05) is 13.1 Å². The molecule has 1 amide bonds. The van der Waals surface area contributed by atoms with Crippen LogP contribution in [0.4, 0.5) is 5.88 Å². The topological polar surface area (TPSA) is 129 Å². The number of nitro groups is 1. The average Bonchev–Trinajstić information content (AvgIpc) is 3.26. The van der Waals surface area contributed by atoms with Gasteiger partial charge in [-0.1, -0.05) is 5.16 Å². The first-order valence-corrected chi connectivity index (χ1v) is 7.03. The molecule has 0 bridgehead atoms. The molecule has 1 aliphatic heterocycles. The summed E-state index contributed by atoms with van der Waals surface area (Å²) in [6.45, 7) is 0.736. The van der Waals surface area contributed by atoms with E-state index in [0.29, 0.717) is 30.6 Å². The molecule has 10 heteroatoms. The molecule has 1 saturated heterocycles. The van der Waals surface area contributed by atoms with Crippen LogP contribution in [0.15, 0.2) is 43.9 Å². The Balaban J connectivity index is 1.41. The number of amides is 1. The lowest BCUT2D eigenvalue weighted by Gasteiger charge is -2.36. The number of aromatic nitrogens is 2. The summed E-state index contributed by atoms with van der Waals surface area (Å²) < 4.78 is 15.3. The number of hydrogen-bond acceptors (Lipinski definition) is 8. The number of carbonyl (C=O) groups is 1. The van der Waals surface area contributed by atoms with Gasteiger partial charge in [0.15, 0.2) is 11.5 Å². The van der Waals surface area contributed by atoms with Crippen molar-refractivity contribution in [2.75, 3.05) is 13.1 Å². The van der Waals surface area contributed by atoms with Crippen molar-refractivity contribution in [1.29, 1.82) is 0 Å². The van der Waals surface area contributed by atoms with Gasteiger partial charge in [-0.15, -0.1) is 0 Å². The molecule has 1 fully saturated rings. The predicted octanol–water partition coefficient (Wildman–Crippen LogP) is 2.07. The molecule has 0 aliphatic carbocycles. The summed E-state index contributed by atoms with van der Waals surface area (Å²) in [4.78, 5) is 27.8. The first-order chi connectivity index (χ1) is 11.6. The molecule has 3 aromatic heterocycles. The van der Waals surface area contributed by atoms with Crippen LogP contribution >= 0.6 is 0 Å². The number of rotatable bonds is 4. The maximum absolute atomic E-state index is 12.2. The molecule has 0 unspecified atom stereocenters. The quantitative estimate of drug-likeness (QED) is 0.525. The highest BCUT2D eigenvalue weighted by Gasteiger charge is 2.37. The fraction of sp³-hybridized carbons (Fsp3) is 0.214. The maximum atomic E-state index is 12.2. The van der Waals surface area contributed by atoms with Crippen molar-refractivity contribution >= 4 is 11.8 Å². The Labute approximate surface area is 133 Å². The zero-order valence-electron chi connectivity index (χ0n) is 12.1. The number of likely N-dealkylation sites (tertiary alicyclic amines) is 1. The molecular weight excluding hydrogens is 320 g/mol. The molecule has 0 aromatic carbocycles. The molecule has 0 radical (unpaired) electrons. The van der Waals surface area contributed by atoms with E-state index in [1.807, 2.05) is 0 Å². The first kappa shape index (κ1) is 14.2. The molecule has 0 atom stereocenters. The van der Waals surface area contributed by atoms with Crippen molar-refractivity contribution in [2.45, 2.75) is 5.92 Å². The van der Waals surface area contributed by atoms with E-state index in [4.69, 9.17) is 13.4 Å². The van der Waals surface area contributed by atoms with Crippen LogP contribution in [0, 0.1) is 10.1 Å². The summed E-state index contributed by atoms with van der Waals surface area (Å²) in [6.07, 6.45) is 1.51. The zero-order valence-corrected chi connectivity index (χ0v) is 12.1. The van der Waals surface area contributed by atoms with E-state index < -0.39 is 16.7 Å². The lowest BCUT2D eigenvalue weighted by molar-refractivity contribution is -0.402. The van der Waals surface area contributed by atoms with Crippen LogP contribution in [-0.4, -0.2) is 39.0 Å². The molecule has 24 heavy (non-hydrogen) atoms. The average molecular weight is 330 g/mol. The van der Waals surface area contributed by atoms with Crippen LogP contribution < -0.4 is 0 Å². The molecule has 4 rings (SSSR count). The van der Waals surface area contributed by atoms with Gasteiger partial charge in [-0.2, -0.15) is 4.98 Å². The van der Waals surface area contributed by atoms with Crippen LogP contribution in [0.3, 0.4) is 0 Å². The van der Waals surface area contributed by atoms with Crippen molar-refractivity contribution < 1.29 is 23.1 Å². The smallest absolute Gasteiger partial charge is 0.433 e. The van der Waals surface area contributed by atoms with Crippen LogP contribution in [-0.2, 0) is 0 Å². The minimum Gasteiger partial charge on any atom is -0.461 e. The van der Waals surface area contributed by atoms with Crippen molar-refractivity contribution in [2.24, 2.45) is 0 Å². The normalized spacial score (nSPS) is 14.6. The van der Waals surface area contributed by atoms with Gasteiger partial charge in [-0.05, 0) is 18.2 Å². The van der Waals surface area contributed by atoms with E-state index in [-0.39, 0.29) is 11.7 Å². The van der Waals surface area contributed by atoms with Crippen molar-refractivity contribution in [3.05, 3.63) is 52.3 Å². The number of furan rings is 2. The van der Waals surface area contributed by atoms with E-state index in [2.05, 4.69) is 10.1 Å². The standard InChI is InChI=1S/C14H10N4O6/c19-14(10-3-4-11(23-10)18(20)21)17-6-8(7-17)13-15-12(16-24-13)9-2-1-5-22-9/h1-5,8H,6-7H2. The third kappa shape index (κ3) is 2.33. The highest BCUT2D eigenvalue weighted by molar-refractivity contribution is 5.92. The Morgan fingerprint density at radius 2 is 2.17 bits per heavy atom. The second-order valence-electron chi connectivity index (χ2n) is 5.24. The Morgan fingerprint density at radius 1 is 1.33 bits per heavy atom. The molecule has 0 saturated carbocycles. The Kier molecular flexibility index (Phi) is 3.15. The summed E-state index contributed by atoms with van der Waals surface area (Å²) >= 11 is 0. The lowest BCUT2D eigenvalue weighted by Crippen LogP contribution is -2.48. The Morgan fingerprint density at radius 3 is 2.83 bits per heavy atom. The monoisotopic (exact) mass is 330 g/mol. The van der Waals surface area contributed by atoms with Gasteiger partial charge < -0.3 is 18.3 Å². The van der Waals surface area contributed by atoms with Crippen molar-refractivity contribution in [3.63, 3.8) is 0 Å². The second-order valence-corrected chi connectivity index (χ2v) is 5.24. The lowest BCUT2D eigenvalue weighted by atomic mass is 10.00. The molecule has 0 N–H and O–H groups in total. The molecule has 1 aliphatic rings. The molecule has 122 valence electrons. The Bertz CT molecular complexity index is 890. The van der Waals surface area contributed by atoms with Crippen molar-refractivity contribution in [3.8, 4) is 11.6 Å². The van der Waals surface area contributed by atoms with Crippen LogP contribution in [0.25, 0.3) is 11.6 Å². The van der Waals surface area contributed by atoms with Crippen LogP contribution in [0.5, 0.6) is 0 Å². The summed E-state index contributed by atoms with van der Waals surface area (Å²) in [5.41, 5.74) is 0. The minimum absolute atomic E-state index is 0.0676. The SMILES string of the molecule is O=C(c1ccc([N+](=O)[O-])o1)N1CC(c2nc(-c3ccco3)no2)C1. The van der Waals surface area contributed by atoms with Crippen LogP contribution in [0.1, 0.15) is 22.4 Å². The van der Waals surface area contributed by atoms with E-state index in [1.54, 1.807) is 12.1 Å². The summed E-state index contributed by atoms with van der Waals surface area (Å²) in [7, 11) is 0. The molecule has 4 heterocycles. The molecule has 3 aromatic rings. The third-order valence-electron chi connectivity index (χ3n) is 3.68. The first-order valence-electron chi connectivity index (χ1n) is 7.03. The molecule has 10 nitrogen and oxygen atoms in total. The summed E-state index contributed by atoms with van der Waals surface area (Å²) in [5.74, 6) is 0.232. The molecular formula is C14H10N4O6. The van der Waals surface area contributed by atoms with E-state index in [0.717, 1.165) is 6.07 Å². The fourth-order valence-corrected chi connectivity index (χ4v) is 2.40. The third-order valence-corrected chi connectivity index (χ3v) is 3.68. The van der Waals surface area contributed by atoms with Gasteiger partial charge in [-0.3, -0.25) is 14.9 Å². The largest absolute Gasteiger partial charge is 0.461 e. The zero-order chi connectivity index (χ0) is 16.7. The molecule has 0 spiro atoms. The van der Waals surface area contributed by atoms with Gasteiger partial charge in [-0.25, -0.2) is 0 Å². The van der Waals surface area contributed by atoms with Gasteiger partial charge in [0.1, 0.15) is 4.92 Å². The number of carbonyl (C=O) groups excluding carboxylic acids is 1.